The Morgan fingerprint density at radius 3 is 2.25 bits per heavy atom. The lowest BCUT2D eigenvalue weighted by Gasteiger charge is -2.08. The lowest BCUT2D eigenvalue weighted by molar-refractivity contribution is 0.276. The number of aliphatic hydroxyl groups is 1. The van der Waals surface area contributed by atoms with Gasteiger partial charge in [0.2, 0.25) is 0 Å². The van der Waals surface area contributed by atoms with E-state index in [1.807, 2.05) is 30.3 Å². The maximum Gasteiger partial charge on any atom is 0.175 e. The molecule has 5 nitrogen and oxygen atoms in total. The molecule has 1 aromatic heterocycles. The molecule has 0 aliphatic rings. The van der Waals surface area contributed by atoms with Gasteiger partial charge in [-0.1, -0.05) is 28.1 Å². The molecule has 0 spiro atoms. The molecule has 0 radical (unpaired) electrons. The topological polar surface area (TPSA) is 72.2 Å². The third-order valence-electron chi connectivity index (χ3n) is 3.57. The number of rotatable bonds is 4. The van der Waals surface area contributed by atoms with Crippen molar-refractivity contribution in [3.63, 3.8) is 0 Å². The summed E-state index contributed by atoms with van der Waals surface area (Å²) in [5.41, 5.74) is 3.02. The minimum absolute atomic E-state index is 0.169. The van der Waals surface area contributed by atoms with Crippen LogP contribution in [0.4, 0.5) is 0 Å². The van der Waals surface area contributed by atoms with Crippen LogP contribution in [0, 0.1) is 0 Å². The van der Waals surface area contributed by atoms with Gasteiger partial charge in [0.05, 0.1) is 28.6 Å². The van der Waals surface area contributed by atoms with Crippen molar-refractivity contribution in [3.05, 3.63) is 64.8 Å². The van der Waals surface area contributed by atoms with Crippen molar-refractivity contribution < 1.29 is 13.5 Å². The molecule has 0 aliphatic heterocycles. The van der Waals surface area contributed by atoms with E-state index >= 15 is 0 Å². The van der Waals surface area contributed by atoms with E-state index in [2.05, 4.69) is 21.0 Å². The van der Waals surface area contributed by atoms with Crippen molar-refractivity contribution in [2.75, 3.05) is 6.26 Å². The predicted molar refractivity (Wildman–Crippen MR) is 95.7 cm³/mol. The van der Waals surface area contributed by atoms with Crippen LogP contribution in [0.5, 0.6) is 0 Å². The number of nitrogens with zero attached hydrogens (tertiary/aromatic N) is 2. The maximum absolute atomic E-state index is 11.6. The van der Waals surface area contributed by atoms with Gasteiger partial charge in [-0.05, 0) is 42.5 Å². The molecule has 0 amide bonds. The predicted octanol–water partition coefficient (Wildman–Crippen LogP) is 3.20. The molecule has 3 aromatic rings. The molecule has 0 unspecified atom stereocenters. The van der Waals surface area contributed by atoms with Gasteiger partial charge in [0.25, 0.3) is 0 Å². The molecule has 1 N–H and O–H groups in total. The van der Waals surface area contributed by atoms with Crippen LogP contribution in [0.25, 0.3) is 16.9 Å². The zero-order valence-electron chi connectivity index (χ0n) is 12.8. The second-order valence-electron chi connectivity index (χ2n) is 5.36. The Morgan fingerprint density at radius 1 is 1.08 bits per heavy atom. The second kappa shape index (κ2) is 6.51. The molecule has 0 fully saturated rings. The fourth-order valence-corrected chi connectivity index (χ4v) is 3.26. The molecule has 3 rings (SSSR count). The Bertz CT molecular complexity index is 962. The first-order valence-electron chi connectivity index (χ1n) is 7.15. The van der Waals surface area contributed by atoms with E-state index in [-0.39, 0.29) is 11.5 Å². The van der Waals surface area contributed by atoms with Crippen LogP contribution >= 0.6 is 15.9 Å². The Hall–Kier alpha value is -1.96. The summed E-state index contributed by atoms with van der Waals surface area (Å²) in [7, 11) is -3.24. The van der Waals surface area contributed by atoms with Gasteiger partial charge < -0.3 is 5.11 Å². The molecule has 24 heavy (non-hydrogen) atoms. The Labute approximate surface area is 148 Å². The highest BCUT2D eigenvalue weighted by Crippen LogP contribution is 2.26. The molecular formula is C17H15BrN2O3S. The van der Waals surface area contributed by atoms with Crippen LogP contribution in [-0.4, -0.2) is 29.6 Å². The van der Waals surface area contributed by atoms with E-state index in [1.54, 1.807) is 28.9 Å². The van der Waals surface area contributed by atoms with Crippen LogP contribution in [0.3, 0.4) is 0 Å². The summed E-state index contributed by atoms with van der Waals surface area (Å²) in [5, 5.41) is 13.8. The lowest BCUT2D eigenvalue weighted by atomic mass is 10.1. The summed E-state index contributed by atoms with van der Waals surface area (Å²) in [5.74, 6) is 0. The van der Waals surface area contributed by atoms with Gasteiger partial charge >= 0.3 is 0 Å². The first kappa shape index (κ1) is 16.9. The minimum Gasteiger partial charge on any atom is -0.390 e. The van der Waals surface area contributed by atoms with E-state index in [0.717, 1.165) is 21.4 Å². The molecule has 0 saturated heterocycles. The van der Waals surface area contributed by atoms with Crippen molar-refractivity contribution in [2.24, 2.45) is 0 Å². The van der Waals surface area contributed by atoms with Gasteiger partial charge in [0.15, 0.2) is 9.84 Å². The van der Waals surface area contributed by atoms with E-state index in [0.29, 0.717) is 5.69 Å². The van der Waals surface area contributed by atoms with Gasteiger partial charge in [0, 0.05) is 16.3 Å². The monoisotopic (exact) mass is 406 g/mol. The third kappa shape index (κ3) is 3.43. The summed E-state index contributed by atoms with van der Waals surface area (Å²) >= 11 is 3.41. The maximum atomic E-state index is 11.6. The number of sulfone groups is 1. The van der Waals surface area contributed by atoms with Crippen molar-refractivity contribution in [3.8, 4) is 16.9 Å². The first-order valence-corrected chi connectivity index (χ1v) is 9.83. The summed E-state index contributed by atoms with van der Waals surface area (Å²) in [6.45, 7) is -0.169. The molecular weight excluding hydrogens is 392 g/mol. The van der Waals surface area contributed by atoms with Gasteiger partial charge in [-0.25, -0.2) is 13.1 Å². The van der Waals surface area contributed by atoms with Crippen LogP contribution in [-0.2, 0) is 16.4 Å². The molecule has 0 saturated carbocycles. The van der Waals surface area contributed by atoms with Crippen LogP contribution < -0.4 is 0 Å². The molecule has 1 heterocycles. The van der Waals surface area contributed by atoms with Crippen molar-refractivity contribution in [1.29, 1.82) is 0 Å². The van der Waals surface area contributed by atoms with E-state index in [4.69, 9.17) is 0 Å². The van der Waals surface area contributed by atoms with Gasteiger partial charge in [0.1, 0.15) is 0 Å². The average Bonchev–Trinajstić information content (AvgIpc) is 2.99. The van der Waals surface area contributed by atoms with Gasteiger partial charge in [-0.3, -0.25) is 0 Å². The average molecular weight is 407 g/mol. The zero-order valence-corrected chi connectivity index (χ0v) is 15.3. The molecule has 7 heteroatoms. The normalized spacial score (nSPS) is 11.6. The standard InChI is InChI=1S/C17H15BrN2O3S/c1-24(22,23)16-8-6-15(7-9-16)20-17(10-14(11-21)19-20)12-2-4-13(18)5-3-12/h2-10,21H,11H2,1H3. The largest absolute Gasteiger partial charge is 0.390 e. The highest BCUT2D eigenvalue weighted by Gasteiger charge is 2.13. The van der Waals surface area contributed by atoms with Crippen LogP contribution in [0.1, 0.15) is 5.69 Å². The summed E-state index contributed by atoms with van der Waals surface area (Å²) in [6, 6.07) is 16.1. The summed E-state index contributed by atoms with van der Waals surface area (Å²) in [4.78, 5) is 0.256. The number of aliphatic hydroxyl groups excluding tert-OH is 1. The van der Waals surface area contributed by atoms with E-state index in [1.165, 1.54) is 6.26 Å². The quantitative estimate of drug-likeness (QED) is 0.721. The number of hydrogen-bond donors (Lipinski definition) is 1. The van der Waals surface area contributed by atoms with Crippen molar-refractivity contribution >= 4 is 25.8 Å². The zero-order chi connectivity index (χ0) is 17.3. The lowest BCUT2D eigenvalue weighted by Crippen LogP contribution is -2.02. The molecule has 0 atom stereocenters. The van der Waals surface area contributed by atoms with Crippen molar-refractivity contribution in [1.82, 2.24) is 9.78 Å². The van der Waals surface area contributed by atoms with Crippen LogP contribution in [0.15, 0.2) is 64.0 Å². The Kier molecular flexibility index (Phi) is 4.58. The third-order valence-corrected chi connectivity index (χ3v) is 5.23. The van der Waals surface area contributed by atoms with Gasteiger partial charge in [-0.2, -0.15) is 5.10 Å². The number of aromatic nitrogens is 2. The Balaban J connectivity index is 2.10. The molecule has 0 aliphatic carbocycles. The first-order chi connectivity index (χ1) is 11.4. The van der Waals surface area contributed by atoms with E-state index in [9.17, 15) is 13.5 Å². The highest BCUT2D eigenvalue weighted by molar-refractivity contribution is 9.10. The minimum atomic E-state index is -3.24. The van der Waals surface area contributed by atoms with E-state index < -0.39 is 9.84 Å². The SMILES string of the molecule is CS(=O)(=O)c1ccc(-n2nc(CO)cc2-c2ccc(Br)cc2)cc1. The Morgan fingerprint density at radius 2 is 1.71 bits per heavy atom. The fraction of sp³-hybridized carbons (Fsp3) is 0.118. The van der Waals surface area contributed by atoms with Gasteiger partial charge in [-0.15, -0.1) is 0 Å². The second-order valence-corrected chi connectivity index (χ2v) is 8.30. The number of hydrogen-bond acceptors (Lipinski definition) is 4. The van der Waals surface area contributed by atoms with Crippen molar-refractivity contribution in [2.45, 2.75) is 11.5 Å². The fourth-order valence-electron chi connectivity index (χ4n) is 2.37. The molecule has 124 valence electrons. The smallest absolute Gasteiger partial charge is 0.175 e. The summed E-state index contributed by atoms with van der Waals surface area (Å²) < 4.78 is 25.8. The molecule has 0 bridgehead atoms. The number of benzene rings is 2. The molecule has 2 aromatic carbocycles. The van der Waals surface area contributed by atoms with Crippen LogP contribution in [0.2, 0.25) is 0 Å². The number of halogens is 1. The summed E-state index contributed by atoms with van der Waals surface area (Å²) in [6.07, 6.45) is 1.17. The highest BCUT2D eigenvalue weighted by atomic mass is 79.9.